The molecule has 0 aromatic heterocycles. The van der Waals surface area contributed by atoms with Crippen LogP contribution in [-0.2, 0) is 4.74 Å². The minimum absolute atomic E-state index is 0.102. The van der Waals surface area contributed by atoms with Gasteiger partial charge < -0.3 is 9.47 Å². The average molecular weight is 326 g/mol. The maximum Gasteiger partial charge on any atom is 0.513 e. The molecule has 0 heterocycles. The maximum absolute atomic E-state index is 12.7. The number of rotatable bonds is 7. The van der Waals surface area contributed by atoms with Gasteiger partial charge in [0, 0.05) is 11.1 Å². The summed E-state index contributed by atoms with van der Waals surface area (Å²) in [4.78, 5) is 35.5. The van der Waals surface area contributed by atoms with Gasteiger partial charge in [0.15, 0.2) is 12.1 Å². The molecule has 0 spiro atoms. The lowest BCUT2D eigenvalue weighted by atomic mass is 9.98. The molecule has 0 aliphatic rings. The van der Waals surface area contributed by atoms with E-state index < -0.39 is 11.9 Å². The van der Waals surface area contributed by atoms with E-state index in [0.29, 0.717) is 6.29 Å². The molecule has 0 N–H and O–H groups in total. The Bertz CT molecular complexity index is 736. The lowest BCUT2D eigenvalue weighted by molar-refractivity contribution is 0.0958. The van der Waals surface area contributed by atoms with Crippen LogP contribution in [0, 0.1) is 0 Å². The molecule has 0 aliphatic carbocycles. The minimum Gasteiger partial charge on any atom is -0.434 e. The Hall–Kier alpha value is -2.95. The zero-order valence-electron chi connectivity index (χ0n) is 13.4. The Morgan fingerprint density at radius 3 is 2.38 bits per heavy atom. The van der Waals surface area contributed by atoms with Crippen LogP contribution in [0.3, 0.4) is 0 Å². The number of carbonyl (C=O) groups is 3. The minimum atomic E-state index is -0.854. The van der Waals surface area contributed by atoms with E-state index in [9.17, 15) is 14.4 Å². The molecule has 0 saturated carbocycles. The number of para-hydroxylation sites is 1. The van der Waals surface area contributed by atoms with Gasteiger partial charge in [-0.2, -0.15) is 0 Å². The highest BCUT2D eigenvalue weighted by atomic mass is 16.7. The van der Waals surface area contributed by atoms with Crippen LogP contribution in [0.2, 0.25) is 0 Å². The second-order valence-corrected chi connectivity index (χ2v) is 5.08. The Morgan fingerprint density at radius 1 is 1.00 bits per heavy atom. The summed E-state index contributed by atoms with van der Waals surface area (Å²) in [6.07, 6.45) is 1.40. The molecule has 0 radical (unpaired) electrons. The van der Waals surface area contributed by atoms with Gasteiger partial charge in [0.2, 0.25) is 0 Å². The predicted octanol–water partition coefficient (Wildman–Crippen LogP) is 4.05. The number of ketones is 1. The summed E-state index contributed by atoms with van der Waals surface area (Å²) in [6.45, 7) is 2.24. The number of ether oxygens (including phenoxy) is 2. The van der Waals surface area contributed by atoms with Crippen LogP contribution in [0.25, 0.3) is 0 Å². The number of hydrogen-bond donors (Lipinski definition) is 0. The molecule has 24 heavy (non-hydrogen) atoms. The van der Waals surface area contributed by atoms with Crippen molar-refractivity contribution in [1.82, 2.24) is 0 Å². The average Bonchev–Trinajstić information content (AvgIpc) is 2.62. The van der Waals surface area contributed by atoms with E-state index in [1.165, 1.54) is 6.07 Å². The standard InChI is InChI=1S/C19H18O5/c1-2-3-12-23-19(22)24-17-11-7-6-10-16(17)18(21)15-9-5-4-8-14(15)13-20/h4-11,13H,2-3,12H2,1H3. The zero-order chi connectivity index (χ0) is 17.4. The molecule has 0 aliphatic heterocycles. The summed E-state index contributed by atoms with van der Waals surface area (Å²) in [7, 11) is 0. The summed E-state index contributed by atoms with van der Waals surface area (Å²) in [5.41, 5.74) is 0.727. The van der Waals surface area contributed by atoms with Crippen molar-refractivity contribution in [3.63, 3.8) is 0 Å². The molecule has 5 heteroatoms. The highest BCUT2D eigenvalue weighted by Crippen LogP contribution is 2.23. The second kappa shape index (κ2) is 8.62. The van der Waals surface area contributed by atoms with E-state index in [2.05, 4.69) is 0 Å². The first-order valence-electron chi connectivity index (χ1n) is 7.70. The summed E-state index contributed by atoms with van der Waals surface area (Å²) in [5, 5.41) is 0. The van der Waals surface area contributed by atoms with E-state index in [-0.39, 0.29) is 29.0 Å². The van der Waals surface area contributed by atoms with Crippen LogP contribution < -0.4 is 4.74 Å². The Morgan fingerprint density at radius 2 is 1.67 bits per heavy atom. The Labute approximate surface area is 140 Å². The maximum atomic E-state index is 12.7. The van der Waals surface area contributed by atoms with E-state index >= 15 is 0 Å². The number of hydrogen-bond acceptors (Lipinski definition) is 5. The highest BCUT2D eigenvalue weighted by molar-refractivity contribution is 6.14. The van der Waals surface area contributed by atoms with Gasteiger partial charge in [-0.25, -0.2) is 4.79 Å². The number of aldehydes is 1. The SMILES string of the molecule is CCCCOC(=O)Oc1ccccc1C(=O)c1ccccc1C=O. The molecule has 0 unspecified atom stereocenters. The third-order valence-corrected chi connectivity index (χ3v) is 3.38. The molecule has 5 nitrogen and oxygen atoms in total. The van der Waals surface area contributed by atoms with Gasteiger partial charge in [-0.05, 0) is 18.6 Å². The zero-order valence-corrected chi connectivity index (χ0v) is 13.4. The summed E-state index contributed by atoms with van der Waals surface area (Å²) in [6, 6.07) is 12.8. The topological polar surface area (TPSA) is 69.7 Å². The third-order valence-electron chi connectivity index (χ3n) is 3.38. The molecule has 0 fully saturated rings. The van der Waals surface area contributed by atoms with Gasteiger partial charge in [0.1, 0.15) is 5.75 Å². The lowest BCUT2D eigenvalue weighted by Gasteiger charge is -2.10. The van der Waals surface area contributed by atoms with E-state index in [1.54, 1.807) is 42.5 Å². The number of unbranched alkanes of at least 4 members (excludes halogenated alkanes) is 1. The van der Waals surface area contributed by atoms with Gasteiger partial charge in [0.05, 0.1) is 12.2 Å². The molecule has 124 valence electrons. The van der Waals surface area contributed by atoms with Crippen molar-refractivity contribution in [3.8, 4) is 5.75 Å². The normalized spacial score (nSPS) is 10.0. The van der Waals surface area contributed by atoms with E-state index in [1.807, 2.05) is 6.92 Å². The number of carbonyl (C=O) groups excluding carboxylic acids is 3. The van der Waals surface area contributed by atoms with Crippen molar-refractivity contribution in [1.29, 1.82) is 0 Å². The monoisotopic (exact) mass is 326 g/mol. The van der Waals surface area contributed by atoms with Crippen molar-refractivity contribution < 1.29 is 23.9 Å². The summed E-state index contributed by atoms with van der Waals surface area (Å²) in [5.74, 6) is -0.292. The molecular formula is C19H18O5. The number of benzene rings is 2. The van der Waals surface area contributed by atoms with Gasteiger partial charge in [-0.3, -0.25) is 9.59 Å². The Kier molecular flexibility index (Phi) is 6.25. The van der Waals surface area contributed by atoms with Crippen LogP contribution in [0.1, 0.15) is 46.0 Å². The first kappa shape index (κ1) is 17.4. The van der Waals surface area contributed by atoms with Crippen molar-refractivity contribution in [3.05, 3.63) is 65.2 Å². The van der Waals surface area contributed by atoms with Crippen LogP contribution >= 0.6 is 0 Å². The fourth-order valence-corrected chi connectivity index (χ4v) is 2.11. The van der Waals surface area contributed by atoms with Crippen LogP contribution in [0.4, 0.5) is 4.79 Å². The molecule has 2 aromatic rings. The summed E-state index contributed by atoms with van der Waals surface area (Å²) >= 11 is 0. The highest BCUT2D eigenvalue weighted by Gasteiger charge is 2.19. The van der Waals surface area contributed by atoms with Gasteiger partial charge >= 0.3 is 6.16 Å². The Balaban J connectivity index is 2.23. The van der Waals surface area contributed by atoms with Crippen molar-refractivity contribution in [2.45, 2.75) is 19.8 Å². The second-order valence-electron chi connectivity index (χ2n) is 5.08. The summed E-state index contributed by atoms with van der Waals surface area (Å²) < 4.78 is 10.1. The quantitative estimate of drug-likeness (QED) is 0.252. The van der Waals surface area contributed by atoms with Gasteiger partial charge in [-0.1, -0.05) is 49.7 Å². The fourth-order valence-electron chi connectivity index (χ4n) is 2.11. The van der Waals surface area contributed by atoms with Crippen molar-refractivity contribution in [2.24, 2.45) is 0 Å². The van der Waals surface area contributed by atoms with E-state index in [0.717, 1.165) is 12.8 Å². The smallest absolute Gasteiger partial charge is 0.434 e. The van der Waals surface area contributed by atoms with Crippen LogP contribution in [0.5, 0.6) is 5.75 Å². The molecule has 0 amide bonds. The molecular weight excluding hydrogens is 308 g/mol. The van der Waals surface area contributed by atoms with Gasteiger partial charge in [0.25, 0.3) is 0 Å². The molecule has 2 rings (SSSR count). The third kappa shape index (κ3) is 4.29. The predicted molar refractivity (Wildman–Crippen MR) is 88.6 cm³/mol. The van der Waals surface area contributed by atoms with Gasteiger partial charge in [-0.15, -0.1) is 0 Å². The van der Waals surface area contributed by atoms with Crippen LogP contribution in [-0.4, -0.2) is 24.8 Å². The van der Waals surface area contributed by atoms with Crippen LogP contribution in [0.15, 0.2) is 48.5 Å². The fraction of sp³-hybridized carbons (Fsp3) is 0.211. The molecule has 2 aromatic carbocycles. The largest absolute Gasteiger partial charge is 0.513 e. The molecule has 0 bridgehead atoms. The molecule has 0 saturated heterocycles. The first-order valence-corrected chi connectivity index (χ1v) is 7.70. The van der Waals surface area contributed by atoms with Crippen molar-refractivity contribution >= 4 is 18.2 Å². The van der Waals surface area contributed by atoms with E-state index in [4.69, 9.17) is 9.47 Å². The lowest BCUT2D eigenvalue weighted by Crippen LogP contribution is -2.14. The van der Waals surface area contributed by atoms with Crippen molar-refractivity contribution in [2.75, 3.05) is 6.61 Å². The first-order chi connectivity index (χ1) is 11.7. The molecule has 0 atom stereocenters.